The number of sulfonamides is 1. The molecule has 3 atom stereocenters. The molecular formula is C27H26N2O4S2. The molecule has 8 heteroatoms. The number of nitrogens with one attached hydrogen (secondary N) is 1. The third kappa shape index (κ3) is 4.96. The van der Waals surface area contributed by atoms with Gasteiger partial charge >= 0.3 is 0 Å². The zero-order chi connectivity index (χ0) is 24.6. The standard InChI is InChI=1S/C27H26N2O4S2/c1-17(24-16-34-27(28-24)18-8-4-3-5-9-18)22-15-33-25-14-19(12-13-21(25)26(22)30)20-10-6-7-11-23(20)29-35(2,31)32/h3-14,16-17,22,26,29-30H,15H2,1-2H3/t17?,22?,26-/m1/s1. The first-order valence-corrected chi connectivity index (χ1v) is 14.1. The summed E-state index contributed by atoms with van der Waals surface area (Å²) in [5.41, 5.74) is 4.80. The Bertz CT molecular complexity index is 1450. The topological polar surface area (TPSA) is 88.5 Å². The van der Waals surface area contributed by atoms with E-state index in [1.807, 2.05) is 60.7 Å². The van der Waals surface area contributed by atoms with Crippen molar-refractivity contribution in [1.82, 2.24) is 4.98 Å². The number of hydrogen-bond donors (Lipinski definition) is 2. The lowest BCUT2D eigenvalue weighted by molar-refractivity contribution is 0.0380. The molecule has 0 fully saturated rings. The monoisotopic (exact) mass is 506 g/mol. The van der Waals surface area contributed by atoms with Gasteiger partial charge in [0.15, 0.2) is 0 Å². The number of nitrogens with zero attached hydrogens (tertiary/aromatic N) is 1. The molecule has 0 amide bonds. The highest BCUT2D eigenvalue weighted by Crippen LogP contribution is 2.44. The molecule has 6 nitrogen and oxygen atoms in total. The number of aliphatic hydroxyl groups is 1. The zero-order valence-electron chi connectivity index (χ0n) is 19.4. The number of hydrogen-bond acceptors (Lipinski definition) is 6. The predicted octanol–water partition coefficient (Wildman–Crippen LogP) is 5.69. The van der Waals surface area contributed by atoms with E-state index in [4.69, 9.17) is 9.72 Å². The van der Waals surface area contributed by atoms with Crippen molar-refractivity contribution < 1.29 is 18.3 Å². The van der Waals surface area contributed by atoms with Gasteiger partial charge in [-0.25, -0.2) is 13.4 Å². The normalized spacial score (nSPS) is 18.4. The summed E-state index contributed by atoms with van der Waals surface area (Å²) < 4.78 is 32.3. The Hall–Kier alpha value is -3.20. The van der Waals surface area contributed by atoms with Crippen LogP contribution >= 0.6 is 11.3 Å². The van der Waals surface area contributed by atoms with Crippen molar-refractivity contribution in [3.8, 4) is 27.4 Å². The maximum absolute atomic E-state index is 11.8. The minimum atomic E-state index is -3.42. The molecule has 0 saturated carbocycles. The molecule has 2 N–H and O–H groups in total. The van der Waals surface area contributed by atoms with E-state index in [9.17, 15) is 13.5 Å². The van der Waals surface area contributed by atoms with Gasteiger partial charge in [0.2, 0.25) is 10.0 Å². The fourth-order valence-electron chi connectivity index (χ4n) is 4.45. The van der Waals surface area contributed by atoms with Crippen molar-refractivity contribution in [2.45, 2.75) is 18.9 Å². The number of aromatic nitrogens is 1. The van der Waals surface area contributed by atoms with Crippen LogP contribution in [0.2, 0.25) is 0 Å². The van der Waals surface area contributed by atoms with Crippen LogP contribution in [-0.4, -0.2) is 31.4 Å². The average Bonchev–Trinajstić information content (AvgIpc) is 3.34. The average molecular weight is 507 g/mol. The van der Waals surface area contributed by atoms with Crippen molar-refractivity contribution in [1.29, 1.82) is 0 Å². The first-order chi connectivity index (χ1) is 16.8. The van der Waals surface area contributed by atoms with Gasteiger partial charge in [0.05, 0.1) is 30.3 Å². The molecule has 1 aliphatic heterocycles. The summed E-state index contributed by atoms with van der Waals surface area (Å²) in [5, 5.41) is 14.3. The van der Waals surface area contributed by atoms with E-state index in [1.54, 1.807) is 23.5 Å². The zero-order valence-corrected chi connectivity index (χ0v) is 21.0. The smallest absolute Gasteiger partial charge is 0.229 e. The number of para-hydroxylation sites is 1. The van der Waals surface area contributed by atoms with Crippen LogP contribution in [0, 0.1) is 5.92 Å². The maximum atomic E-state index is 11.8. The van der Waals surface area contributed by atoms with E-state index in [-0.39, 0.29) is 11.8 Å². The number of fused-ring (bicyclic) bond motifs is 1. The SMILES string of the molecule is CC(c1csc(-c2ccccc2)n1)C1COc2cc(-c3ccccc3NS(C)(=O)=O)ccc2[C@H]1O. The van der Waals surface area contributed by atoms with Crippen LogP contribution in [0.5, 0.6) is 5.75 Å². The van der Waals surface area contributed by atoms with Crippen LogP contribution < -0.4 is 9.46 Å². The highest BCUT2D eigenvalue weighted by Gasteiger charge is 2.35. The molecule has 0 bridgehead atoms. The summed E-state index contributed by atoms with van der Waals surface area (Å²) in [6.07, 6.45) is 0.428. The van der Waals surface area contributed by atoms with Gasteiger partial charge in [0.25, 0.3) is 0 Å². The highest BCUT2D eigenvalue weighted by atomic mass is 32.2. The molecule has 1 aromatic heterocycles. The fourth-order valence-corrected chi connectivity index (χ4v) is 5.96. The Morgan fingerprint density at radius 3 is 2.57 bits per heavy atom. The first kappa shape index (κ1) is 23.5. The van der Waals surface area contributed by atoms with Crippen molar-refractivity contribution >= 4 is 27.0 Å². The van der Waals surface area contributed by atoms with Crippen molar-refractivity contribution in [2.24, 2.45) is 5.92 Å². The summed E-state index contributed by atoms with van der Waals surface area (Å²) in [5.74, 6) is 0.473. The summed E-state index contributed by atoms with van der Waals surface area (Å²) in [6.45, 7) is 2.44. The van der Waals surface area contributed by atoms with Gasteiger partial charge in [0, 0.05) is 33.9 Å². The van der Waals surface area contributed by atoms with Crippen LogP contribution in [0.15, 0.2) is 78.2 Å². The molecule has 0 spiro atoms. The van der Waals surface area contributed by atoms with Gasteiger partial charge in [-0.15, -0.1) is 11.3 Å². The van der Waals surface area contributed by atoms with E-state index in [1.165, 1.54) is 0 Å². The fraction of sp³-hybridized carbons (Fsp3) is 0.222. The molecule has 35 heavy (non-hydrogen) atoms. The lowest BCUT2D eigenvalue weighted by atomic mass is 9.82. The van der Waals surface area contributed by atoms with Crippen LogP contribution in [0.25, 0.3) is 21.7 Å². The minimum absolute atomic E-state index is 0.00576. The molecule has 3 aromatic carbocycles. The Morgan fingerprint density at radius 1 is 1.06 bits per heavy atom. The third-order valence-electron chi connectivity index (χ3n) is 6.35. The molecule has 180 valence electrons. The Morgan fingerprint density at radius 2 is 1.80 bits per heavy atom. The number of aliphatic hydroxyl groups excluding tert-OH is 1. The summed E-state index contributed by atoms with van der Waals surface area (Å²) in [4.78, 5) is 4.83. The molecule has 2 unspecified atom stereocenters. The Balaban J connectivity index is 1.39. The minimum Gasteiger partial charge on any atom is -0.493 e. The molecule has 5 rings (SSSR count). The largest absolute Gasteiger partial charge is 0.493 e. The Labute approximate surface area is 209 Å². The second-order valence-electron chi connectivity index (χ2n) is 8.82. The summed E-state index contributed by atoms with van der Waals surface area (Å²) in [6, 6.07) is 22.9. The number of thiazole rings is 1. The van der Waals surface area contributed by atoms with Crippen LogP contribution in [0.4, 0.5) is 5.69 Å². The number of benzene rings is 3. The van der Waals surface area contributed by atoms with E-state index >= 15 is 0 Å². The highest BCUT2D eigenvalue weighted by molar-refractivity contribution is 7.92. The molecule has 1 aliphatic rings. The van der Waals surface area contributed by atoms with E-state index in [2.05, 4.69) is 17.0 Å². The van der Waals surface area contributed by atoms with Gasteiger partial charge in [-0.3, -0.25) is 4.72 Å². The van der Waals surface area contributed by atoms with Gasteiger partial charge < -0.3 is 9.84 Å². The third-order valence-corrected chi connectivity index (χ3v) is 7.85. The number of ether oxygens (including phenoxy) is 1. The van der Waals surface area contributed by atoms with E-state index < -0.39 is 16.1 Å². The van der Waals surface area contributed by atoms with Crippen molar-refractivity contribution in [3.63, 3.8) is 0 Å². The second kappa shape index (κ2) is 9.45. The Kier molecular flexibility index (Phi) is 6.35. The van der Waals surface area contributed by atoms with Crippen molar-refractivity contribution in [2.75, 3.05) is 17.6 Å². The van der Waals surface area contributed by atoms with Gasteiger partial charge in [-0.2, -0.15) is 0 Å². The van der Waals surface area contributed by atoms with Crippen LogP contribution in [-0.2, 0) is 10.0 Å². The molecule has 0 saturated heterocycles. The lowest BCUT2D eigenvalue weighted by Gasteiger charge is -2.34. The number of rotatable bonds is 6. The summed E-state index contributed by atoms with van der Waals surface area (Å²) >= 11 is 1.60. The van der Waals surface area contributed by atoms with Crippen molar-refractivity contribution in [3.05, 3.63) is 89.4 Å². The molecular weight excluding hydrogens is 480 g/mol. The van der Waals surface area contributed by atoms with E-state index in [0.29, 0.717) is 18.0 Å². The summed E-state index contributed by atoms with van der Waals surface area (Å²) in [7, 11) is -3.42. The predicted molar refractivity (Wildman–Crippen MR) is 140 cm³/mol. The molecule has 0 radical (unpaired) electrons. The quantitative estimate of drug-likeness (QED) is 0.351. The van der Waals surface area contributed by atoms with Crippen LogP contribution in [0.3, 0.4) is 0 Å². The van der Waals surface area contributed by atoms with Gasteiger partial charge in [-0.05, 0) is 17.7 Å². The second-order valence-corrected chi connectivity index (χ2v) is 11.4. The van der Waals surface area contributed by atoms with E-state index in [0.717, 1.165) is 39.2 Å². The lowest BCUT2D eigenvalue weighted by Crippen LogP contribution is -2.30. The number of anilines is 1. The first-order valence-electron chi connectivity index (χ1n) is 11.3. The maximum Gasteiger partial charge on any atom is 0.229 e. The molecule has 4 aromatic rings. The van der Waals surface area contributed by atoms with Gasteiger partial charge in [0.1, 0.15) is 10.8 Å². The molecule has 0 aliphatic carbocycles. The van der Waals surface area contributed by atoms with Crippen LogP contribution in [0.1, 0.15) is 30.2 Å². The molecule has 2 heterocycles. The van der Waals surface area contributed by atoms with Gasteiger partial charge in [-0.1, -0.05) is 67.6 Å².